The molecule has 236 valence electrons. The molecular formula is C36H74ClISi. The topological polar surface area (TPSA) is 0 Å². The molecule has 0 N–H and O–H groups in total. The van der Waals surface area contributed by atoms with Gasteiger partial charge in [-0.25, -0.2) is 0 Å². The Bertz CT molecular complexity index is 436. The highest BCUT2D eigenvalue weighted by Crippen LogP contribution is 2.20. The van der Waals surface area contributed by atoms with Gasteiger partial charge >= 0.3 is 0 Å². The lowest BCUT2D eigenvalue weighted by Crippen LogP contribution is -2.14. The zero-order valence-electron chi connectivity index (χ0n) is 27.3. The fourth-order valence-corrected chi connectivity index (χ4v) is 7.97. The second-order valence-electron chi connectivity index (χ2n) is 13.5. The highest BCUT2D eigenvalue weighted by atomic mass is 127. The molecule has 0 fully saturated rings. The molecule has 0 heterocycles. The number of rotatable bonds is 34. The van der Waals surface area contributed by atoms with Gasteiger partial charge in [-0.15, -0.1) is 0 Å². The molecule has 3 heteroatoms. The molecule has 39 heavy (non-hydrogen) atoms. The zero-order chi connectivity index (χ0) is 28.5. The van der Waals surface area contributed by atoms with Crippen molar-refractivity contribution in [2.75, 3.05) is 4.43 Å². The zero-order valence-corrected chi connectivity index (χ0v) is 31.2. The number of hydrogen-bond acceptors (Lipinski definition) is 0. The van der Waals surface area contributed by atoms with Gasteiger partial charge in [0.25, 0.3) is 0 Å². The van der Waals surface area contributed by atoms with Gasteiger partial charge in [0.2, 0.25) is 0 Å². The van der Waals surface area contributed by atoms with E-state index in [0.717, 1.165) is 0 Å². The molecule has 0 aliphatic carbocycles. The lowest BCUT2D eigenvalue weighted by atomic mass is 10.0. The molecule has 0 nitrogen and oxygen atoms in total. The van der Waals surface area contributed by atoms with Crippen LogP contribution in [0.25, 0.3) is 0 Å². The van der Waals surface area contributed by atoms with Gasteiger partial charge in [-0.3, -0.25) is 0 Å². The van der Waals surface area contributed by atoms with E-state index in [1.54, 1.807) is 0 Å². The second kappa shape index (κ2) is 33.7. The third-order valence-corrected chi connectivity index (χ3v) is 11.5. The summed E-state index contributed by atoms with van der Waals surface area (Å²) in [5, 5.41) is 0. The minimum absolute atomic E-state index is 1.30. The van der Waals surface area contributed by atoms with Gasteiger partial charge < -0.3 is 0 Å². The van der Waals surface area contributed by atoms with Crippen LogP contribution in [0, 0.1) is 0 Å². The van der Waals surface area contributed by atoms with E-state index in [1.165, 1.54) is 216 Å². The van der Waals surface area contributed by atoms with Crippen molar-refractivity contribution in [2.24, 2.45) is 0 Å². The summed E-state index contributed by atoms with van der Waals surface area (Å²) in [7, 11) is -1.31. The molecule has 0 atom stereocenters. The number of hydrogen-bond donors (Lipinski definition) is 0. The molecule has 0 saturated heterocycles. The molecule has 0 rings (SSSR count). The van der Waals surface area contributed by atoms with Crippen LogP contribution < -0.4 is 0 Å². The van der Waals surface area contributed by atoms with E-state index in [1.807, 2.05) is 0 Å². The summed E-state index contributed by atoms with van der Waals surface area (Å²) in [4.78, 5) is 0. The van der Waals surface area contributed by atoms with Crippen LogP contribution in [-0.4, -0.2) is 11.8 Å². The standard InChI is InChI=1S/C36H74ClISi/c1-39(2,37)36-34-32-30-28-26-24-22-20-18-16-14-12-10-8-6-4-3-5-7-9-11-13-15-17-19-21-23-25-27-29-31-33-35-38/h3-36H2,1-2H3. The lowest BCUT2D eigenvalue weighted by Gasteiger charge is -2.11. The third kappa shape index (κ3) is 39.2. The quantitative estimate of drug-likeness (QED) is 0.0206. The van der Waals surface area contributed by atoms with Crippen molar-refractivity contribution < 1.29 is 0 Å². The van der Waals surface area contributed by atoms with Gasteiger partial charge in [-0.05, 0) is 16.9 Å². The van der Waals surface area contributed by atoms with Crippen LogP contribution in [0.15, 0.2) is 0 Å². The fourth-order valence-electron chi connectivity index (χ4n) is 5.94. The highest BCUT2D eigenvalue weighted by Gasteiger charge is 2.15. The molecule has 0 radical (unpaired) electrons. The maximum absolute atomic E-state index is 6.40. The first-order valence-corrected chi connectivity index (χ1v) is 24.1. The van der Waals surface area contributed by atoms with E-state index in [-0.39, 0.29) is 0 Å². The Kier molecular flexibility index (Phi) is 34.8. The summed E-state index contributed by atoms with van der Waals surface area (Å²) in [6.07, 6.45) is 47.1. The van der Waals surface area contributed by atoms with E-state index in [0.29, 0.717) is 0 Å². The van der Waals surface area contributed by atoms with Crippen LogP contribution in [0.3, 0.4) is 0 Å². The number of alkyl halides is 1. The summed E-state index contributed by atoms with van der Waals surface area (Å²) in [5.74, 6) is 0. The Balaban J connectivity index is 3.04. The van der Waals surface area contributed by atoms with Crippen molar-refractivity contribution in [3.8, 4) is 0 Å². The van der Waals surface area contributed by atoms with Crippen molar-refractivity contribution in [1.82, 2.24) is 0 Å². The molecule has 0 aliphatic heterocycles. The van der Waals surface area contributed by atoms with Crippen molar-refractivity contribution in [3.63, 3.8) is 0 Å². The van der Waals surface area contributed by atoms with Crippen molar-refractivity contribution >= 4 is 41.1 Å². The van der Waals surface area contributed by atoms with Crippen LogP contribution in [0.5, 0.6) is 0 Å². The van der Waals surface area contributed by atoms with E-state index in [4.69, 9.17) is 11.1 Å². The minimum atomic E-state index is -1.31. The van der Waals surface area contributed by atoms with Gasteiger partial charge in [0.15, 0.2) is 0 Å². The van der Waals surface area contributed by atoms with Crippen LogP contribution in [0.4, 0.5) is 0 Å². The van der Waals surface area contributed by atoms with Crippen LogP contribution in [0.2, 0.25) is 19.1 Å². The first-order chi connectivity index (χ1) is 19.1. The predicted molar refractivity (Wildman–Crippen MR) is 195 cm³/mol. The summed E-state index contributed by atoms with van der Waals surface area (Å²) >= 11 is 8.90. The van der Waals surface area contributed by atoms with Crippen LogP contribution in [-0.2, 0) is 0 Å². The average Bonchev–Trinajstić information content (AvgIpc) is 2.90. The van der Waals surface area contributed by atoms with Gasteiger partial charge in [0.1, 0.15) is 7.38 Å². The Morgan fingerprint density at radius 2 is 0.462 bits per heavy atom. The van der Waals surface area contributed by atoms with E-state index in [9.17, 15) is 0 Å². The minimum Gasteiger partial charge on any atom is -0.168 e. The maximum atomic E-state index is 6.40. The number of unbranched alkanes of at least 4 members (excludes halogenated alkanes) is 31. The molecule has 0 spiro atoms. The molecule has 0 saturated carbocycles. The Morgan fingerprint density at radius 3 is 0.615 bits per heavy atom. The van der Waals surface area contributed by atoms with Crippen molar-refractivity contribution in [3.05, 3.63) is 0 Å². The Hall–Kier alpha value is 1.24. The van der Waals surface area contributed by atoms with E-state index in [2.05, 4.69) is 35.7 Å². The van der Waals surface area contributed by atoms with E-state index < -0.39 is 7.38 Å². The smallest absolute Gasteiger partial charge is 0.150 e. The molecular weight excluding hydrogens is 623 g/mol. The predicted octanol–water partition coefficient (Wildman–Crippen LogP) is 15.3. The normalized spacial score (nSPS) is 12.0. The Labute approximate surface area is 268 Å². The third-order valence-electron chi connectivity index (χ3n) is 8.65. The Morgan fingerprint density at radius 1 is 0.308 bits per heavy atom. The van der Waals surface area contributed by atoms with Crippen molar-refractivity contribution in [1.29, 1.82) is 0 Å². The van der Waals surface area contributed by atoms with E-state index >= 15 is 0 Å². The molecule has 0 unspecified atom stereocenters. The summed E-state index contributed by atoms with van der Waals surface area (Å²) in [6.45, 7) is 4.55. The summed E-state index contributed by atoms with van der Waals surface area (Å²) < 4.78 is 1.34. The highest BCUT2D eigenvalue weighted by molar-refractivity contribution is 14.1. The lowest BCUT2D eigenvalue weighted by molar-refractivity contribution is 0.512. The molecule has 0 aliphatic rings. The second-order valence-corrected chi connectivity index (χ2v) is 21.6. The number of halogens is 2. The fraction of sp³-hybridized carbons (Fsp3) is 1.00. The summed E-state index contributed by atoms with van der Waals surface area (Å²) in [6, 6.07) is 1.30. The molecule has 0 amide bonds. The largest absolute Gasteiger partial charge is 0.168 e. The van der Waals surface area contributed by atoms with Gasteiger partial charge in [-0.2, -0.15) is 11.1 Å². The monoisotopic (exact) mass is 696 g/mol. The van der Waals surface area contributed by atoms with Crippen LogP contribution >= 0.6 is 33.7 Å². The molecule has 0 bridgehead atoms. The van der Waals surface area contributed by atoms with Gasteiger partial charge in [0.05, 0.1) is 0 Å². The molecule has 0 aromatic carbocycles. The van der Waals surface area contributed by atoms with Gasteiger partial charge in [0, 0.05) is 0 Å². The summed E-state index contributed by atoms with van der Waals surface area (Å²) in [5.41, 5.74) is 0. The SMILES string of the molecule is C[Si](C)(Cl)CCCCCCCCCCCCCCCCCCCCCCCCCCCCCCCCCCI. The molecule has 0 aromatic rings. The maximum Gasteiger partial charge on any atom is 0.150 e. The first-order valence-electron chi connectivity index (χ1n) is 18.3. The first kappa shape index (κ1) is 40.2. The van der Waals surface area contributed by atoms with Crippen LogP contribution in [0.1, 0.15) is 205 Å². The molecule has 0 aromatic heterocycles. The average molecular weight is 697 g/mol. The van der Waals surface area contributed by atoms with Gasteiger partial charge in [-0.1, -0.05) is 235 Å². The van der Waals surface area contributed by atoms with Crippen molar-refractivity contribution in [2.45, 2.75) is 225 Å².